The highest BCUT2D eigenvalue weighted by Gasteiger charge is 2.40. The zero-order valence-corrected chi connectivity index (χ0v) is 18.5. The van der Waals surface area contributed by atoms with E-state index in [0.717, 1.165) is 15.6 Å². The molecule has 1 saturated heterocycles. The van der Waals surface area contributed by atoms with Gasteiger partial charge in [0.05, 0.1) is 15.3 Å². The number of ketones is 1. The van der Waals surface area contributed by atoms with Crippen molar-refractivity contribution < 1.29 is 14.7 Å². The van der Waals surface area contributed by atoms with Crippen LogP contribution >= 0.6 is 47.8 Å². The topological polar surface area (TPSA) is 64.6 Å². The normalized spacial score (nSPS) is 22.3. The minimum atomic E-state index is -1.52. The average molecular weight is 548 g/mol. The van der Waals surface area contributed by atoms with Crippen LogP contribution in [0.3, 0.4) is 0 Å². The predicted octanol–water partition coefficient (Wildman–Crippen LogP) is 3.54. The van der Waals surface area contributed by atoms with Crippen LogP contribution in [0.25, 0.3) is 0 Å². The van der Waals surface area contributed by atoms with Gasteiger partial charge in [-0.05, 0) is 36.8 Å². The van der Waals surface area contributed by atoms with E-state index in [1.165, 1.54) is 5.01 Å². The fourth-order valence-corrected chi connectivity index (χ4v) is 4.06. The van der Waals surface area contributed by atoms with Crippen molar-refractivity contribution in [3.05, 3.63) is 64.1 Å². The number of alkyl halides is 2. The number of hydrazine groups is 1. The number of halogens is 3. The van der Waals surface area contributed by atoms with E-state index in [1.807, 2.05) is 55.5 Å². The van der Waals surface area contributed by atoms with Gasteiger partial charge in [0.2, 0.25) is 0 Å². The standard InChI is InChI=1S/C18H16Br3N2O3/c1-10-2-8-13(9-3-10)23-16(18(25)26-22-23)17(24)15(21)14(20)11-4-6-12(19)7-5-11/h2-9,14-16,18,22H,1H3/q-1. The van der Waals surface area contributed by atoms with Gasteiger partial charge >= 0.3 is 0 Å². The second kappa shape index (κ2) is 8.50. The summed E-state index contributed by atoms with van der Waals surface area (Å²) in [7, 11) is 0. The summed E-state index contributed by atoms with van der Waals surface area (Å²) in [6.45, 7) is 1.97. The summed E-state index contributed by atoms with van der Waals surface area (Å²) in [4.78, 5) is 17.2. The monoisotopic (exact) mass is 545 g/mol. The maximum atomic E-state index is 13.0. The molecule has 1 heterocycles. The van der Waals surface area contributed by atoms with Crippen molar-refractivity contribution in [3.8, 4) is 0 Å². The highest BCUT2D eigenvalue weighted by atomic mass is 79.9. The lowest BCUT2D eigenvalue weighted by molar-refractivity contribution is -0.488. The molecule has 2 aromatic rings. The van der Waals surface area contributed by atoms with Crippen LogP contribution in [0, 0.1) is 6.92 Å². The highest BCUT2D eigenvalue weighted by Crippen LogP contribution is 2.35. The molecule has 3 rings (SSSR count). The first kappa shape index (κ1) is 20.0. The number of nitrogens with one attached hydrogen (secondary N) is 1. The molecule has 0 radical (unpaired) electrons. The number of anilines is 1. The fourth-order valence-electron chi connectivity index (χ4n) is 2.65. The quantitative estimate of drug-likeness (QED) is 0.580. The molecule has 0 bridgehead atoms. The van der Waals surface area contributed by atoms with Crippen LogP contribution in [0.1, 0.15) is 16.0 Å². The Labute approximate surface area is 177 Å². The van der Waals surface area contributed by atoms with Crippen LogP contribution in [0.15, 0.2) is 53.0 Å². The van der Waals surface area contributed by atoms with E-state index < -0.39 is 17.2 Å². The van der Waals surface area contributed by atoms with Gasteiger partial charge in [-0.2, -0.15) is 0 Å². The summed E-state index contributed by atoms with van der Waals surface area (Å²) >= 11 is 10.4. The zero-order chi connectivity index (χ0) is 18.8. The third-order valence-electron chi connectivity index (χ3n) is 4.12. The van der Waals surface area contributed by atoms with Crippen LogP contribution in [-0.2, 0) is 9.63 Å². The summed E-state index contributed by atoms with van der Waals surface area (Å²) in [5, 5.41) is 13.7. The second-order valence-corrected chi connectivity index (χ2v) is 8.87. The molecule has 0 aromatic heterocycles. The number of carbonyl (C=O) groups excluding carboxylic acids is 1. The Bertz CT molecular complexity index is 770. The van der Waals surface area contributed by atoms with E-state index >= 15 is 0 Å². The van der Waals surface area contributed by atoms with Crippen molar-refractivity contribution in [2.75, 3.05) is 5.01 Å². The predicted molar refractivity (Wildman–Crippen MR) is 109 cm³/mol. The van der Waals surface area contributed by atoms with Crippen molar-refractivity contribution >= 4 is 59.3 Å². The van der Waals surface area contributed by atoms with Crippen molar-refractivity contribution in [2.24, 2.45) is 0 Å². The largest absolute Gasteiger partial charge is 0.828 e. The molecule has 1 aliphatic rings. The summed E-state index contributed by atoms with van der Waals surface area (Å²) in [5.41, 5.74) is 5.29. The van der Waals surface area contributed by atoms with Crippen molar-refractivity contribution in [1.29, 1.82) is 0 Å². The van der Waals surface area contributed by atoms with E-state index in [2.05, 4.69) is 53.4 Å². The zero-order valence-electron chi connectivity index (χ0n) is 13.7. The molecule has 0 aliphatic carbocycles. The summed E-state index contributed by atoms with van der Waals surface area (Å²) in [6, 6.07) is 14.2. The Balaban J connectivity index is 1.81. The lowest BCUT2D eigenvalue weighted by Gasteiger charge is -2.30. The van der Waals surface area contributed by atoms with Crippen LogP contribution in [0.2, 0.25) is 0 Å². The smallest absolute Gasteiger partial charge is 0.173 e. The Morgan fingerprint density at radius 2 is 1.77 bits per heavy atom. The molecule has 0 amide bonds. The van der Waals surface area contributed by atoms with Gasteiger partial charge in [-0.1, -0.05) is 77.6 Å². The molecule has 4 unspecified atom stereocenters. The Morgan fingerprint density at radius 3 is 2.38 bits per heavy atom. The second-order valence-electron chi connectivity index (χ2n) is 5.99. The first-order chi connectivity index (χ1) is 12.4. The first-order valence-electron chi connectivity index (χ1n) is 7.89. The van der Waals surface area contributed by atoms with Gasteiger partial charge in [-0.3, -0.25) is 14.6 Å². The number of hydrogen-bond acceptors (Lipinski definition) is 5. The summed E-state index contributed by atoms with van der Waals surface area (Å²) in [5.74, 6) is -0.264. The van der Waals surface area contributed by atoms with E-state index in [0.29, 0.717) is 5.69 Å². The van der Waals surface area contributed by atoms with E-state index in [9.17, 15) is 9.90 Å². The number of Topliss-reactive ketones (excluding diaryl/α,β-unsaturated/α-hetero) is 1. The first-order valence-corrected chi connectivity index (χ1v) is 10.5. The average Bonchev–Trinajstić information content (AvgIpc) is 3.02. The minimum Gasteiger partial charge on any atom is -0.828 e. The molecule has 4 atom stereocenters. The van der Waals surface area contributed by atoms with Crippen molar-refractivity contribution in [1.82, 2.24) is 5.59 Å². The van der Waals surface area contributed by atoms with E-state index in [-0.39, 0.29) is 10.6 Å². The molecule has 1 aliphatic heterocycles. The van der Waals surface area contributed by atoms with Crippen LogP contribution in [-0.4, -0.2) is 22.9 Å². The van der Waals surface area contributed by atoms with Crippen LogP contribution in [0.5, 0.6) is 0 Å². The van der Waals surface area contributed by atoms with E-state index in [1.54, 1.807) is 0 Å². The molecule has 1 fully saturated rings. The fraction of sp³-hybridized carbons (Fsp3) is 0.278. The van der Waals surface area contributed by atoms with Crippen molar-refractivity contribution in [3.63, 3.8) is 0 Å². The van der Waals surface area contributed by atoms with Gasteiger partial charge < -0.3 is 5.11 Å². The number of aryl methyl sites for hydroxylation is 1. The lowest BCUT2D eigenvalue weighted by atomic mass is 10.0. The van der Waals surface area contributed by atoms with Gasteiger partial charge in [0.1, 0.15) is 6.04 Å². The van der Waals surface area contributed by atoms with Gasteiger partial charge in [0.15, 0.2) is 5.78 Å². The molecule has 138 valence electrons. The molecule has 1 N–H and O–H groups in total. The summed E-state index contributed by atoms with van der Waals surface area (Å²) < 4.78 is 0.956. The number of nitrogens with zero attached hydrogens (tertiary/aromatic N) is 1. The van der Waals surface area contributed by atoms with Gasteiger partial charge in [-0.25, -0.2) is 0 Å². The molecule has 5 nitrogen and oxygen atoms in total. The molecule has 26 heavy (non-hydrogen) atoms. The third-order valence-corrected chi connectivity index (χ3v) is 7.40. The van der Waals surface area contributed by atoms with Gasteiger partial charge in [0.25, 0.3) is 0 Å². The molecule has 8 heteroatoms. The highest BCUT2D eigenvalue weighted by molar-refractivity contribution is 9.12. The number of benzene rings is 2. The number of rotatable bonds is 5. The maximum absolute atomic E-state index is 13.0. The Kier molecular flexibility index (Phi) is 6.53. The van der Waals surface area contributed by atoms with Gasteiger partial charge in [0, 0.05) is 10.8 Å². The minimum absolute atomic E-state index is 0.264. The van der Waals surface area contributed by atoms with Crippen LogP contribution < -0.4 is 15.7 Å². The Hall–Kier alpha value is -0.770. The maximum Gasteiger partial charge on any atom is 0.173 e. The summed E-state index contributed by atoms with van der Waals surface area (Å²) in [6.07, 6.45) is -1.52. The molecule has 0 spiro atoms. The molecule has 0 saturated carbocycles. The third kappa shape index (κ3) is 4.21. The number of carbonyl (C=O) groups is 1. The van der Waals surface area contributed by atoms with Gasteiger partial charge in [-0.15, -0.1) is 5.59 Å². The molecule has 2 aromatic carbocycles. The van der Waals surface area contributed by atoms with E-state index in [4.69, 9.17) is 4.84 Å². The molecular weight excluding hydrogens is 532 g/mol. The Morgan fingerprint density at radius 1 is 1.15 bits per heavy atom. The SMILES string of the molecule is Cc1ccc(N2NOC([O-])C2C(=O)C(Br)C(Br)c2ccc(Br)cc2)cc1. The molecular formula is C18H16Br3N2O3-. The lowest BCUT2D eigenvalue weighted by Crippen LogP contribution is -2.51. The van der Waals surface area contributed by atoms with Crippen molar-refractivity contribution in [2.45, 2.75) is 28.9 Å². The van der Waals surface area contributed by atoms with Crippen LogP contribution in [0.4, 0.5) is 5.69 Å². The number of hydrogen-bond donors (Lipinski definition) is 1.